The van der Waals surface area contributed by atoms with Crippen LogP contribution >= 0.6 is 0 Å². The molecule has 0 spiro atoms. The molecule has 0 N–H and O–H groups in total. The van der Waals surface area contributed by atoms with Crippen molar-refractivity contribution in [1.29, 1.82) is 0 Å². The van der Waals surface area contributed by atoms with Crippen LogP contribution in [0.15, 0.2) is 29.2 Å². The van der Waals surface area contributed by atoms with E-state index in [0.29, 0.717) is 10.9 Å². The highest BCUT2D eigenvalue weighted by molar-refractivity contribution is 5.91. The molecule has 1 unspecified atom stereocenters. The van der Waals surface area contributed by atoms with Gasteiger partial charge in [0.15, 0.2) is 0 Å². The number of aromatic nitrogens is 1. The van der Waals surface area contributed by atoms with Crippen molar-refractivity contribution in [3.05, 3.63) is 50.4 Å². The van der Waals surface area contributed by atoms with Crippen LogP contribution in [0.3, 0.4) is 0 Å². The molecule has 0 saturated carbocycles. The number of aryl methyl sites for hydroxylation is 1. The molecule has 1 atom stereocenters. The second kappa shape index (κ2) is 5.97. The second-order valence-electron chi connectivity index (χ2n) is 5.13. The number of hydrogen-bond acceptors (Lipinski definition) is 5. The normalized spacial score (nSPS) is 12.1. The van der Waals surface area contributed by atoms with E-state index < -0.39 is 10.9 Å². The molecule has 7 heteroatoms. The van der Waals surface area contributed by atoms with Gasteiger partial charge in [-0.15, -0.1) is 0 Å². The molecule has 0 fully saturated rings. The number of nitro benzene ring substituents is 1. The van der Waals surface area contributed by atoms with Crippen molar-refractivity contribution < 1.29 is 14.5 Å². The molecule has 0 saturated heterocycles. The number of benzene rings is 1. The summed E-state index contributed by atoms with van der Waals surface area (Å²) >= 11 is 0. The molecule has 0 aliphatic heterocycles. The predicted octanol–water partition coefficient (Wildman–Crippen LogP) is 2.34. The largest absolute Gasteiger partial charge is 0.464 e. The van der Waals surface area contributed by atoms with Gasteiger partial charge >= 0.3 is 5.97 Å². The summed E-state index contributed by atoms with van der Waals surface area (Å²) in [6.45, 7) is 4.72. The number of nitrogens with zero attached hydrogens (tertiary/aromatic N) is 2. The van der Waals surface area contributed by atoms with Crippen LogP contribution in [0.1, 0.15) is 25.5 Å². The average molecular weight is 304 g/mol. The van der Waals surface area contributed by atoms with Crippen molar-refractivity contribution in [3.8, 4) is 0 Å². The minimum atomic E-state index is -0.482. The first-order chi connectivity index (χ1) is 10.3. The minimum absolute atomic E-state index is 0.0608. The molecule has 22 heavy (non-hydrogen) atoms. The van der Waals surface area contributed by atoms with Crippen molar-refractivity contribution in [1.82, 2.24) is 4.57 Å². The Balaban J connectivity index is 2.56. The highest BCUT2D eigenvalue weighted by atomic mass is 16.6. The number of rotatable bonds is 4. The number of esters is 1. The Kier molecular flexibility index (Phi) is 4.25. The summed E-state index contributed by atoms with van der Waals surface area (Å²) in [7, 11) is 0. The molecule has 0 radical (unpaired) electrons. The molecule has 2 aromatic rings. The lowest BCUT2D eigenvalue weighted by Crippen LogP contribution is -2.26. The van der Waals surface area contributed by atoms with Crippen LogP contribution in [-0.4, -0.2) is 22.1 Å². The van der Waals surface area contributed by atoms with Gasteiger partial charge in [-0.05, 0) is 26.0 Å². The van der Waals surface area contributed by atoms with E-state index in [1.807, 2.05) is 0 Å². The maximum absolute atomic E-state index is 12.5. The lowest BCUT2D eigenvalue weighted by molar-refractivity contribution is -0.383. The summed E-state index contributed by atoms with van der Waals surface area (Å²) in [5.41, 5.74) is 0.0947. The van der Waals surface area contributed by atoms with E-state index in [-0.39, 0.29) is 29.3 Å². The standard InChI is InChI=1S/C15H16N2O5/c1-9-4-5-13-12(14(9)17(20)21)6-7-16(15(13)19)10(2)8-22-11(3)18/h4-7,10H,8H2,1-3H3. The van der Waals surface area contributed by atoms with Gasteiger partial charge in [0, 0.05) is 18.7 Å². The number of hydrogen-bond donors (Lipinski definition) is 0. The van der Waals surface area contributed by atoms with E-state index in [1.54, 1.807) is 32.0 Å². The van der Waals surface area contributed by atoms with Gasteiger partial charge in [0.05, 0.1) is 21.7 Å². The summed E-state index contributed by atoms with van der Waals surface area (Å²) in [6, 6.07) is 4.32. The quantitative estimate of drug-likeness (QED) is 0.491. The fourth-order valence-electron chi connectivity index (χ4n) is 2.34. The number of nitro groups is 1. The maximum atomic E-state index is 12.5. The van der Waals surface area contributed by atoms with Crippen LogP contribution in [0.4, 0.5) is 5.69 Å². The highest BCUT2D eigenvalue weighted by Crippen LogP contribution is 2.27. The molecule has 7 nitrogen and oxygen atoms in total. The Bertz CT molecular complexity index is 809. The third kappa shape index (κ3) is 2.83. The number of pyridine rings is 1. The van der Waals surface area contributed by atoms with Crippen LogP contribution in [0.5, 0.6) is 0 Å². The molecule has 0 amide bonds. The van der Waals surface area contributed by atoms with Crippen molar-refractivity contribution in [3.63, 3.8) is 0 Å². The molecule has 2 rings (SSSR count). The SMILES string of the molecule is CC(=O)OCC(C)n1ccc2c([N+](=O)[O-])c(C)ccc2c1=O. The Morgan fingerprint density at radius 2 is 2.05 bits per heavy atom. The molecule has 0 aliphatic rings. The van der Waals surface area contributed by atoms with Crippen molar-refractivity contribution in [2.75, 3.05) is 6.61 Å². The molecular weight excluding hydrogens is 288 g/mol. The fraction of sp³-hybridized carbons (Fsp3) is 0.333. The average Bonchev–Trinajstić information content (AvgIpc) is 2.44. The van der Waals surface area contributed by atoms with Crippen molar-refractivity contribution in [2.24, 2.45) is 0 Å². The number of carbonyl (C=O) groups excluding carboxylic acids is 1. The molecule has 116 valence electrons. The summed E-state index contributed by atoms with van der Waals surface area (Å²) in [5, 5.41) is 11.8. The number of carbonyl (C=O) groups is 1. The monoisotopic (exact) mass is 304 g/mol. The van der Waals surface area contributed by atoms with Crippen molar-refractivity contribution in [2.45, 2.75) is 26.8 Å². The first-order valence-electron chi connectivity index (χ1n) is 6.75. The van der Waals surface area contributed by atoms with Crippen LogP contribution in [0, 0.1) is 17.0 Å². The Morgan fingerprint density at radius 3 is 2.64 bits per heavy atom. The zero-order chi connectivity index (χ0) is 16.4. The number of fused-ring (bicyclic) bond motifs is 1. The third-order valence-corrected chi connectivity index (χ3v) is 3.47. The van der Waals surface area contributed by atoms with Gasteiger partial charge in [-0.3, -0.25) is 19.7 Å². The fourth-order valence-corrected chi connectivity index (χ4v) is 2.34. The molecular formula is C15H16N2O5. The molecule has 0 aliphatic carbocycles. The Hall–Kier alpha value is -2.70. The number of ether oxygens (including phenoxy) is 1. The van der Waals surface area contributed by atoms with Crippen LogP contribution in [-0.2, 0) is 9.53 Å². The van der Waals surface area contributed by atoms with Crippen LogP contribution in [0.25, 0.3) is 10.8 Å². The van der Waals surface area contributed by atoms with Gasteiger partial charge in [0.2, 0.25) is 0 Å². The van der Waals surface area contributed by atoms with Crippen molar-refractivity contribution >= 4 is 22.4 Å². The van der Waals surface area contributed by atoms with E-state index in [1.165, 1.54) is 17.7 Å². The lowest BCUT2D eigenvalue weighted by atomic mass is 10.1. The molecule has 1 aromatic carbocycles. The topological polar surface area (TPSA) is 91.4 Å². The highest BCUT2D eigenvalue weighted by Gasteiger charge is 2.19. The van der Waals surface area contributed by atoms with E-state index in [4.69, 9.17) is 4.74 Å². The van der Waals surface area contributed by atoms with Gasteiger partial charge < -0.3 is 9.30 Å². The summed E-state index contributed by atoms with van der Waals surface area (Å²) < 4.78 is 6.31. The minimum Gasteiger partial charge on any atom is -0.464 e. The second-order valence-corrected chi connectivity index (χ2v) is 5.13. The Labute approximate surface area is 126 Å². The van der Waals surface area contributed by atoms with Gasteiger partial charge in [-0.1, -0.05) is 6.07 Å². The first kappa shape index (κ1) is 15.7. The lowest BCUT2D eigenvalue weighted by Gasteiger charge is -2.15. The predicted molar refractivity (Wildman–Crippen MR) is 80.9 cm³/mol. The Morgan fingerprint density at radius 1 is 1.36 bits per heavy atom. The zero-order valence-electron chi connectivity index (χ0n) is 12.5. The summed E-state index contributed by atoms with van der Waals surface area (Å²) in [5.74, 6) is -0.424. The van der Waals surface area contributed by atoms with Crippen LogP contribution < -0.4 is 5.56 Å². The summed E-state index contributed by atoms with van der Waals surface area (Å²) in [4.78, 5) is 34.1. The maximum Gasteiger partial charge on any atom is 0.302 e. The van der Waals surface area contributed by atoms with Gasteiger partial charge in [-0.25, -0.2) is 0 Å². The van der Waals surface area contributed by atoms with Gasteiger partial charge in [0.25, 0.3) is 11.2 Å². The summed E-state index contributed by atoms with van der Waals surface area (Å²) in [6.07, 6.45) is 1.49. The molecule has 0 bridgehead atoms. The third-order valence-electron chi connectivity index (χ3n) is 3.47. The van der Waals surface area contributed by atoms with E-state index in [2.05, 4.69) is 0 Å². The smallest absolute Gasteiger partial charge is 0.302 e. The first-order valence-corrected chi connectivity index (χ1v) is 6.75. The van der Waals surface area contributed by atoms with Crippen LogP contribution in [0.2, 0.25) is 0 Å². The zero-order valence-corrected chi connectivity index (χ0v) is 12.5. The molecule has 1 aromatic heterocycles. The van der Waals surface area contributed by atoms with E-state index in [0.717, 1.165) is 0 Å². The van der Waals surface area contributed by atoms with Gasteiger partial charge in [-0.2, -0.15) is 0 Å². The molecule has 1 heterocycles. The van der Waals surface area contributed by atoms with Gasteiger partial charge in [0.1, 0.15) is 6.61 Å². The van der Waals surface area contributed by atoms with E-state index in [9.17, 15) is 19.7 Å². The van der Waals surface area contributed by atoms with E-state index >= 15 is 0 Å².